The normalized spacial score (nSPS) is 11.3. The molecule has 0 radical (unpaired) electrons. The fourth-order valence-electron chi connectivity index (χ4n) is 3.69. The molecule has 0 aliphatic heterocycles. The van der Waals surface area contributed by atoms with Gasteiger partial charge in [0, 0.05) is 23.6 Å². The van der Waals surface area contributed by atoms with Crippen LogP contribution in [0.15, 0.2) is 54.6 Å². The molecule has 0 fully saturated rings. The number of carbonyl (C=O) groups is 2. The Bertz CT molecular complexity index is 1180. The monoisotopic (exact) mass is 490 g/mol. The zero-order valence-electron chi connectivity index (χ0n) is 22.3. The lowest BCUT2D eigenvalue weighted by Crippen LogP contribution is -2.38. The average Bonchev–Trinajstić information content (AvgIpc) is 3.27. The van der Waals surface area contributed by atoms with Gasteiger partial charge in [-0.15, -0.1) is 0 Å². The summed E-state index contributed by atoms with van der Waals surface area (Å²) < 4.78 is 7.43. The number of benzene rings is 2. The van der Waals surface area contributed by atoms with E-state index in [0.717, 1.165) is 35.5 Å². The fourth-order valence-corrected chi connectivity index (χ4v) is 3.69. The summed E-state index contributed by atoms with van der Waals surface area (Å²) in [4.78, 5) is 27.7. The Balaban J connectivity index is 1.74. The van der Waals surface area contributed by atoms with Gasteiger partial charge in [-0.1, -0.05) is 46.2 Å². The highest BCUT2D eigenvalue weighted by atomic mass is 16.5. The molecule has 0 aliphatic carbocycles. The summed E-state index contributed by atoms with van der Waals surface area (Å²) in [5.41, 5.74) is 3.16. The Hall–Kier alpha value is -3.61. The van der Waals surface area contributed by atoms with Crippen molar-refractivity contribution in [3.63, 3.8) is 0 Å². The molecule has 1 N–H and O–H groups in total. The van der Waals surface area contributed by atoms with Crippen LogP contribution in [0, 0.1) is 6.92 Å². The number of unbranched alkanes of at least 4 members (excludes halogenated alkanes) is 1. The van der Waals surface area contributed by atoms with E-state index in [1.165, 1.54) is 4.90 Å². The van der Waals surface area contributed by atoms with Gasteiger partial charge in [0.05, 0.1) is 18.0 Å². The molecular formula is C29H38N4O3. The molecule has 2 aromatic carbocycles. The number of nitrogens with one attached hydrogen (secondary N) is 1. The van der Waals surface area contributed by atoms with Gasteiger partial charge in [-0.3, -0.25) is 9.59 Å². The van der Waals surface area contributed by atoms with Crippen LogP contribution in [0.4, 0.5) is 5.82 Å². The van der Waals surface area contributed by atoms with Crippen molar-refractivity contribution in [2.75, 3.05) is 25.0 Å². The highest BCUT2D eigenvalue weighted by Gasteiger charge is 2.23. The maximum absolute atomic E-state index is 13.1. The maximum atomic E-state index is 13.1. The van der Waals surface area contributed by atoms with Gasteiger partial charge in [0.25, 0.3) is 5.91 Å². The summed E-state index contributed by atoms with van der Waals surface area (Å²) in [6.07, 6.45) is 2.05. The number of carbonyl (C=O) groups excluding carboxylic acids is 2. The minimum Gasteiger partial charge on any atom is -0.494 e. The standard InChI is InChI=1S/C29H38N4O3/c1-7-9-17-36-24-15-13-22(14-16-24)28(35)32(8-2)20-27(34)30-26-19-25(29(4,5)6)31-33(26)23-12-10-11-21(3)18-23/h10-16,18-19H,7-9,17,20H2,1-6H3,(H,30,34). The number of likely N-dealkylation sites (N-methyl/N-ethyl adjacent to an activating group) is 1. The van der Waals surface area contributed by atoms with Crippen molar-refractivity contribution in [3.05, 3.63) is 71.4 Å². The third-order valence-electron chi connectivity index (χ3n) is 5.86. The SMILES string of the molecule is CCCCOc1ccc(C(=O)N(CC)CC(=O)Nc2cc(C(C)(C)C)nn2-c2cccc(C)c2)cc1. The highest BCUT2D eigenvalue weighted by Crippen LogP contribution is 2.26. The Morgan fingerprint density at radius 2 is 1.78 bits per heavy atom. The predicted molar refractivity (Wildman–Crippen MR) is 144 cm³/mol. The molecule has 0 bridgehead atoms. The summed E-state index contributed by atoms with van der Waals surface area (Å²) in [5, 5.41) is 7.75. The quantitative estimate of drug-likeness (QED) is 0.367. The topological polar surface area (TPSA) is 76.5 Å². The zero-order valence-corrected chi connectivity index (χ0v) is 22.3. The maximum Gasteiger partial charge on any atom is 0.254 e. The second-order valence-electron chi connectivity index (χ2n) is 10.0. The summed E-state index contributed by atoms with van der Waals surface area (Å²) in [6, 6.07) is 16.9. The first-order valence-corrected chi connectivity index (χ1v) is 12.6. The van der Waals surface area contributed by atoms with Gasteiger partial charge < -0.3 is 15.0 Å². The van der Waals surface area contributed by atoms with Crippen molar-refractivity contribution in [3.8, 4) is 11.4 Å². The molecular weight excluding hydrogens is 452 g/mol. The molecule has 0 saturated carbocycles. The molecule has 1 heterocycles. The molecule has 1 aromatic heterocycles. The smallest absolute Gasteiger partial charge is 0.254 e. The molecule has 2 amide bonds. The second-order valence-corrected chi connectivity index (χ2v) is 10.0. The van der Waals surface area contributed by atoms with E-state index < -0.39 is 0 Å². The predicted octanol–water partition coefficient (Wildman–Crippen LogP) is 5.76. The van der Waals surface area contributed by atoms with E-state index in [0.29, 0.717) is 24.5 Å². The fraction of sp³-hybridized carbons (Fsp3) is 0.414. The van der Waals surface area contributed by atoms with Crippen LogP contribution in [0.5, 0.6) is 5.75 Å². The molecule has 7 nitrogen and oxygen atoms in total. The van der Waals surface area contributed by atoms with Crippen molar-refractivity contribution in [2.45, 2.75) is 59.8 Å². The van der Waals surface area contributed by atoms with Gasteiger partial charge in [-0.25, -0.2) is 4.68 Å². The Kier molecular flexibility index (Phi) is 8.91. The van der Waals surface area contributed by atoms with Gasteiger partial charge in [0.15, 0.2) is 0 Å². The van der Waals surface area contributed by atoms with Crippen LogP contribution in [-0.2, 0) is 10.2 Å². The molecule has 0 atom stereocenters. The summed E-state index contributed by atoms with van der Waals surface area (Å²) >= 11 is 0. The first-order chi connectivity index (χ1) is 17.1. The van der Waals surface area contributed by atoms with Crippen LogP contribution in [0.1, 0.15) is 69.1 Å². The van der Waals surface area contributed by atoms with E-state index in [-0.39, 0.29) is 23.8 Å². The van der Waals surface area contributed by atoms with Crippen molar-refractivity contribution < 1.29 is 14.3 Å². The summed E-state index contributed by atoms with van der Waals surface area (Å²) in [7, 11) is 0. The summed E-state index contributed by atoms with van der Waals surface area (Å²) in [6.45, 7) is 13.2. The van der Waals surface area contributed by atoms with Gasteiger partial charge in [-0.2, -0.15) is 5.10 Å². The lowest BCUT2D eigenvalue weighted by molar-refractivity contribution is -0.116. The van der Waals surface area contributed by atoms with Crippen LogP contribution in [0.2, 0.25) is 0 Å². The number of hydrogen-bond donors (Lipinski definition) is 1. The van der Waals surface area contributed by atoms with E-state index in [1.807, 2.05) is 44.2 Å². The van der Waals surface area contributed by atoms with Gasteiger partial charge >= 0.3 is 0 Å². The van der Waals surface area contributed by atoms with Gasteiger partial charge in [-0.05, 0) is 62.2 Å². The number of hydrogen-bond acceptors (Lipinski definition) is 4. The number of nitrogens with zero attached hydrogens (tertiary/aromatic N) is 3. The molecule has 7 heteroatoms. The van der Waals surface area contributed by atoms with E-state index >= 15 is 0 Å². The van der Waals surface area contributed by atoms with E-state index in [4.69, 9.17) is 9.84 Å². The average molecular weight is 491 g/mol. The largest absolute Gasteiger partial charge is 0.494 e. The zero-order chi connectivity index (χ0) is 26.3. The molecule has 0 aliphatic rings. The number of rotatable bonds is 10. The second kappa shape index (κ2) is 11.9. The number of aromatic nitrogens is 2. The minimum atomic E-state index is -0.279. The third-order valence-corrected chi connectivity index (χ3v) is 5.86. The van der Waals surface area contributed by atoms with E-state index in [1.54, 1.807) is 28.9 Å². The molecule has 0 saturated heterocycles. The van der Waals surface area contributed by atoms with E-state index in [2.05, 4.69) is 33.0 Å². The lowest BCUT2D eigenvalue weighted by Gasteiger charge is -2.21. The van der Waals surface area contributed by atoms with Crippen LogP contribution in [-0.4, -0.2) is 46.2 Å². The minimum absolute atomic E-state index is 0.0616. The molecule has 3 rings (SSSR count). The Morgan fingerprint density at radius 1 is 1.06 bits per heavy atom. The third kappa shape index (κ3) is 6.97. The number of amides is 2. The van der Waals surface area contributed by atoms with Crippen molar-refractivity contribution in [2.24, 2.45) is 0 Å². The van der Waals surface area contributed by atoms with Gasteiger partial charge in [0.1, 0.15) is 18.1 Å². The molecule has 0 unspecified atom stereocenters. The van der Waals surface area contributed by atoms with E-state index in [9.17, 15) is 9.59 Å². The van der Waals surface area contributed by atoms with Crippen LogP contribution < -0.4 is 10.1 Å². The Labute approximate surface area is 214 Å². The van der Waals surface area contributed by atoms with Crippen LogP contribution in [0.3, 0.4) is 0 Å². The van der Waals surface area contributed by atoms with Crippen molar-refractivity contribution >= 4 is 17.6 Å². The molecule has 192 valence electrons. The Morgan fingerprint density at radius 3 is 2.39 bits per heavy atom. The number of aryl methyl sites for hydroxylation is 1. The molecule has 3 aromatic rings. The number of anilines is 1. The van der Waals surface area contributed by atoms with Gasteiger partial charge in [0.2, 0.25) is 5.91 Å². The first-order valence-electron chi connectivity index (χ1n) is 12.6. The first kappa shape index (κ1) is 27.0. The lowest BCUT2D eigenvalue weighted by atomic mass is 9.92. The van der Waals surface area contributed by atoms with Crippen molar-refractivity contribution in [1.82, 2.24) is 14.7 Å². The highest BCUT2D eigenvalue weighted by molar-refractivity contribution is 5.99. The van der Waals surface area contributed by atoms with Crippen molar-refractivity contribution in [1.29, 1.82) is 0 Å². The number of ether oxygens (including phenoxy) is 1. The van der Waals surface area contributed by atoms with Crippen LogP contribution in [0.25, 0.3) is 5.69 Å². The van der Waals surface area contributed by atoms with Crippen LogP contribution >= 0.6 is 0 Å². The molecule has 36 heavy (non-hydrogen) atoms. The summed E-state index contributed by atoms with van der Waals surface area (Å²) in [5.74, 6) is 0.835. The molecule has 0 spiro atoms.